The van der Waals surface area contributed by atoms with E-state index in [0.29, 0.717) is 32.1 Å². The molecular formula is C12H17N3O4. The van der Waals surface area contributed by atoms with Crippen LogP contribution in [0.2, 0.25) is 0 Å². The zero-order valence-corrected chi connectivity index (χ0v) is 10.5. The number of hydrogen-bond acceptors (Lipinski definition) is 5. The van der Waals surface area contributed by atoms with E-state index in [0.717, 1.165) is 0 Å². The molecule has 0 aliphatic carbocycles. The van der Waals surface area contributed by atoms with Gasteiger partial charge in [-0.25, -0.2) is 0 Å². The third kappa shape index (κ3) is 4.08. The second kappa shape index (κ2) is 6.35. The molecule has 1 saturated heterocycles. The third-order valence-corrected chi connectivity index (χ3v) is 2.73. The predicted molar refractivity (Wildman–Crippen MR) is 68.7 cm³/mol. The molecule has 1 atom stereocenters. The summed E-state index contributed by atoms with van der Waals surface area (Å²) in [6, 6.07) is 2.84. The molecule has 7 heteroatoms. The fourth-order valence-electron chi connectivity index (χ4n) is 1.77. The average molecular weight is 267 g/mol. The minimum Gasteiger partial charge on any atom is -0.398 e. The van der Waals surface area contributed by atoms with Crippen LogP contribution in [0.5, 0.6) is 0 Å². The Hall–Kier alpha value is -1.86. The SMILES string of the molecule is Nc1ccc(=O)n(CC(=O)NCC2COCCO2)c1. The van der Waals surface area contributed by atoms with Gasteiger partial charge in [-0.1, -0.05) is 0 Å². The van der Waals surface area contributed by atoms with Gasteiger partial charge in [0.1, 0.15) is 6.54 Å². The van der Waals surface area contributed by atoms with Crippen molar-refractivity contribution in [1.29, 1.82) is 0 Å². The second-order valence-electron chi connectivity index (χ2n) is 4.30. The smallest absolute Gasteiger partial charge is 0.251 e. The van der Waals surface area contributed by atoms with Crippen LogP contribution < -0.4 is 16.6 Å². The number of pyridine rings is 1. The quantitative estimate of drug-likeness (QED) is 0.726. The van der Waals surface area contributed by atoms with Crippen molar-refractivity contribution in [3.05, 3.63) is 28.7 Å². The van der Waals surface area contributed by atoms with E-state index < -0.39 is 0 Å². The molecule has 1 aromatic heterocycles. The first-order chi connectivity index (χ1) is 9.15. The Morgan fingerprint density at radius 2 is 2.32 bits per heavy atom. The number of anilines is 1. The van der Waals surface area contributed by atoms with Gasteiger partial charge in [-0.15, -0.1) is 0 Å². The fourth-order valence-corrected chi connectivity index (χ4v) is 1.77. The Morgan fingerprint density at radius 1 is 1.47 bits per heavy atom. The number of nitrogens with one attached hydrogen (secondary N) is 1. The number of nitrogens with zero attached hydrogens (tertiary/aromatic N) is 1. The lowest BCUT2D eigenvalue weighted by molar-refractivity contribution is -0.124. The largest absolute Gasteiger partial charge is 0.398 e. The van der Waals surface area contributed by atoms with Gasteiger partial charge in [-0.3, -0.25) is 9.59 Å². The lowest BCUT2D eigenvalue weighted by Crippen LogP contribution is -2.41. The van der Waals surface area contributed by atoms with Gasteiger partial charge in [-0.05, 0) is 6.07 Å². The summed E-state index contributed by atoms with van der Waals surface area (Å²) >= 11 is 0. The molecule has 104 valence electrons. The van der Waals surface area contributed by atoms with Crippen LogP contribution >= 0.6 is 0 Å². The number of carbonyl (C=O) groups is 1. The van der Waals surface area contributed by atoms with E-state index in [1.54, 1.807) is 0 Å². The van der Waals surface area contributed by atoms with Crippen molar-refractivity contribution in [3.8, 4) is 0 Å². The molecule has 0 radical (unpaired) electrons. The molecule has 0 aromatic carbocycles. The Kier molecular flexibility index (Phi) is 4.53. The zero-order valence-electron chi connectivity index (χ0n) is 10.5. The van der Waals surface area contributed by atoms with Crippen LogP contribution in [-0.2, 0) is 20.8 Å². The Balaban J connectivity index is 1.83. The summed E-state index contributed by atoms with van der Waals surface area (Å²) in [6.45, 7) is 1.91. The average Bonchev–Trinajstić information content (AvgIpc) is 2.42. The molecule has 2 rings (SSSR count). The maximum atomic E-state index is 11.7. The molecule has 3 N–H and O–H groups in total. The molecule has 1 aliphatic rings. The summed E-state index contributed by atoms with van der Waals surface area (Å²) in [5.74, 6) is -0.262. The highest BCUT2D eigenvalue weighted by molar-refractivity contribution is 5.75. The van der Waals surface area contributed by atoms with E-state index in [1.807, 2.05) is 0 Å². The van der Waals surface area contributed by atoms with Gasteiger partial charge in [0.2, 0.25) is 5.91 Å². The lowest BCUT2D eigenvalue weighted by atomic mass is 10.3. The number of rotatable bonds is 4. The Bertz CT molecular complexity index is 494. The molecule has 0 bridgehead atoms. The number of carbonyl (C=O) groups excluding carboxylic acids is 1. The number of hydrogen-bond donors (Lipinski definition) is 2. The van der Waals surface area contributed by atoms with Gasteiger partial charge >= 0.3 is 0 Å². The van der Waals surface area contributed by atoms with Crippen molar-refractivity contribution in [2.24, 2.45) is 0 Å². The van der Waals surface area contributed by atoms with Gasteiger partial charge in [0.25, 0.3) is 5.56 Å². The molecule has 7 nitrogen and oxygen atoms in total. The lowest BCUT2D eigenvalue weighted by Gasteiger charge is -2.23. The summed E-state index contributed by atoms with van der Waals surface area (Å²) in [4.78, 5) is 23.2. The standard InChI is InChI=1S/C12H17N3O4/c13-9-1-2-12(17)15(6-9)7-11(16)14-5-10-8-18-3-4-19-10/h1-2,6,10H,3-5,7-8,13H2,(H,14,16). The van der Waals surface area contributed by atoms with Crippen molar-refractivity contribution < 1.29 is 14.3 Å². The van der Waals surface area contributed by atoms with Crippen LogP contribution in [0.1, 0.15) is 0 Å². The van der Waals surface area contributed by atoms with Crippen LogP contribution in [0.3, 0.4) is 0 Å². The van der Waals surface area contributed by atoms with Gasteiger partial charge in [0, 0.05) is 24.5 Å². The summed E-state index contributed by atoms with van der Waals surface area (Å²) in [7, 11) is 0. The van der Waals surface area contributed by atoms with Gasteiger partial charge in [-0.2, -0.15) is 0 Å². The highest BCUT2D eigenvalue weighted by Crippen LogP contribution is 1.99. The van der Waals surface area contributed by atoms with Crippen LogP contribution in [0.4, 0.5) is 5.69 Å². The van der Waals surface area contributed by atoms with Crippen molar-refractivity contribution >= 4 is 11.6 Å². The molecular weight excluding hydrogens is 250 g/mol. The van der Waals surface area contributed by atoms with Crippen molar-refractivity contribution in [1.82, 2.24) is 9.88 Å². The molecule has 2 heterocycles. The molecule has 0 spiro atoms. The molecule has 1 fully saturated rings. The summed E-state index contributed by atoms with van der Waals surface area (Å²) in [5.41, 5.74) is 5.74. The first kappa shape index (κ1) is 13.6. The minimum absolute atomic E-state index is 0.0581. The topological polar surface area (TPSA) is 95.6 Å². The van der Waals surface area contributed by atoms with E-state index in [1.165, 1.54) is 22.9 Å². The monoisotopic (exact) mass is 267 g/mol. The molecule has 19 heavy (non-hydrogen) atoms. The van der Waals surface area contributed by atoms with E-state index >= 15 is 0 Å². The number of amides is 1. The van der Waals surface area contributed by atoms with Gasteiger partial charge < -0.3 is 25.1 Å². The van der Waals surface area contributed by atoms with Crippen molar-refractivity contribution in [2.75, 3.05) is 32.1 Å². The Morgan fingerprint density at radius 3 is 3.05 bits per heavy atom. The highest BCUT2D eigenvalue weighted by atomic mass is 16.6. The van der Waals surface area contributed by atoms with Crippen LogP contribution in [-0.4, -0.2) is 42.9 Å². The van der Waals surface area contributed by atoms with E-state index in [9.17, 15) is 9.59 Å². The first-order valence-electron chi connectivity index (χ1n) is 6.07. The summed E-state index contributed by atoms with van der Waals surface area (Å²) in [6.07, 6.45) is 1.32. The number of aromatic nitrogens is 1. The van der Waals surface area contributed by atoms with E-state index in [2.05, 4.69) is 5.32 Å². The zero-order chi connectivity index (χ0) is 13.7. The third-order valence-electron chi connectivity index (χ3n) is 2.73. The molecule has 1 amide bonds. The van der Waals surface area contributed by atoms with Crippen LogP contribution in [0, 0.1) is 0 Å². The second-order valence-corrected chi connectivity index (χ2v) is 4.30. The summed E-state index contributed by atoms with van der Waals surface area (Å²) in [5, 5.41) is 2.70. The first-order valence-corrected chi connectivity index (χ1v) is 6.07. The van der Waals surface area contributed by atoms with Crippen LogP contribution in [0.15, 0.2) is 23.1 Å². The fraction of sp³-hybridized carbons (Fsp3) is 0.500. The number of nitrogens with two attached hydrogens (primary N) is 1. The van der Waals surface area contributed by atoms with Gasteiger partial charge in [0.15, 0.2) is 0 Å². The highest BCUT2D eigenvalue weighted by Gasteiger charge is 2.15. The molecule has 0 saturated carbocycles. The van der Waals surface area contributed by atoms with E-state index in [-0.39, 0.29) is 24.1 Å². The maximum Gasteiger partial charge on any atom is 0.251 e. The Labute approximate surface area is 110 Å². The van der Waals surface area contributed by atoms with Crippen molar-refractivity contribution in [3.63, 3.8) is 0 Å². The predicted octanol–water partition coefficient (Wildman–Crippen LogP) is -1.04. The van der Waals surface area contributed by atoms with Crippen molar-refractivity contribution in [2.45, 2.75) is 12.6 Å². The minimum atomic E-state index is -0.262. The molecule has 1 aromatic rings. The number of ether oxygens (including phenoxy) is 2. The maximum absolute atomic E-state index is 11.7. The normalized spacial score (nSPS) is 19.1. The van der Waals surface area contributed by atoms with E-state index in [4.69, 9.17) is 15.2 Å². The summed E-state index contributed by atoms with van der Waals surface area (Å²) < 4.78 is 11.9. The molecule has 1 unspecified atom stereocenters. The van der Waals surface area contributed by atoms with Crippen LogP contribution in [0.25, 0.3) is 0 Å². The molecule has 1 aliphatic heterocycles. The number of nitrogen functional groups attached to an aromatic ring is 1. The van der Waals surface area contributed by atoms with Gasteiger partial charge in [0.05, 0.1) is 25.9 Å².